The van der Waals surface area contributed by atoms with Gasteiger partial charge in [-0.25, -0.2) is 13.2 Å². The predicted octanol–water partition coefficient (Wildman–Crippen LogP) is 3.13. The molecule has 0 unspecified atom stereocenters. The zero-order valence-electron chi connectivity index (χ0n) is 15.2. The van der Waals surface area contributed by atoms with Crippen molar-refractivity contribution in [1.82, 2.24) is 0 Å². The molecule has 8 heteroatoms. The molecule has 26 heavy (non-hydrogen) atoms. The Hall–Kier alpha value is -2.74. The summed E-state index contributed by atoms with van der Waals surface area (Å²) in [6, 6.07) is 5.78. The van der Waals surface area contributed by atoms with E-state index in [4.69, 9.17) is 9.47 Å². The van der Waals surface area contributed by atoms with E-state index < -0.39 is 16.0 Å². The highest BCUT2D eigenvalue weighted by Crippen LogP contribution is 2.34. The lowest BCUT2D eigenvalue weighted by atomic mass is 10.1. The third-order valence-electron chi connectivity index (χ3n) is 4.13. The number of rotatable bonds is 6. The molecule has 0 saturated carbocycles. The summed E-state index contributed by atoms with van der Waals surface area (Å²) in [6.07, 6.45) is 0. The summed E-state index contributed by atoms with van der Waals surface area (Å²) < 4.78 is 38.7. The van der Waals surface area contributed by atoms with Crippen LogP contribution < -0.4 is 14.2 Å². The van der Waals surface area contributed by atoms with E-state index in [-0.39, 0.29) is 10.5 Å². The molecule has 0 amide bonds. The first kappa shape index (κ1) is 19.6. The predicted molar refractivity (Wildman–Crippen MR) is 98.0 cm³/mol. The van der Waals surface area contributed by atoms with E-state index >= 15 is 0 Å². The van der Waals surface area contributed by atoms with Gasteiger partial charge in [-0.05, 0) is 55.7 Å². The van der Waals surface area contributed by atoms with E-state index in [0.717, 1.165) is 6.07 Å². The average molecular weight is 379 g/mol. The maximum atomic E-state index is 12.9. The molecule has 7 nitrogen and oxygen atoms in total. The number of methoxy groups -OCH3 is 2. The number of aryl methyl sites for hydroxylation is 2. The van der Waals surface area contributed by atoms with Crippen LogP contribution >= 0.6 is 0 Å². The number of aromatic carboxylic acids is 1. The van der Waals surface area contributed by atoms with Gasteiger partial charge in [-0.1, -0.05) is 0 Å². The van der Waals surface area contributed by atoms with Crippen molar-refractivity contribution in [3.63, 3.8) is 0 Å². The molecular weight excluding hydrogens is 358 g/mol. The molecule has 2 N–H and O–H groups in total. The summed E-state index contributed by atoms with van der Waals surface area (Å²) in [6.45, 7) is 5.03. The maximum Gasteiger partial charge on any atom is 0.335 e. The number of carbonyl (C=O) groups is 1. The standard InChI is InChI=1S/C18H21NO6S/c1-10-6-13(18(20)21)8-17(12(10)3)26(22,23)19-14-9-16(25-5)15(24-4)7-11(14)2/h6-9,19H,1-5H3,(H,20,21). The van der Waals surface area contributed by atoms with E-state index in [1.807, 2.05) is 0 Å². The molecule has 0 heterocycles. The Morgan fingerprint density at radius 3 is 2.08 bits per heavy atom. The Morgan fingerprint density at radius 2 is 1.54 bits per heavy atom. The number of carboxylic acid groups (broad SMARTS) is 1. The van der Waals surface area contributed by atoms with Crippen LogP contribution in [0.25, 0.3) is 0 Å². The Balaban J connectivity index is 2.55. The van der Waals surface area contributed by atoms with Crippen LogP contribution in [0.4, 0.5) is 5.69 Å². The summed E-state index contributed by atoms with van der Waals surface area (Å²) in [5, 5.41) is 9.20. The molecular formula is C18H21NO6S. The van der Waals surface area contributed by atoms with Crippen LogP contribution in [-0.2, 0) is 10.0 Å². The van der Waals surface area contributed by atoms with Crippen LogP contribution in [0.5, 0.6) is 11.5 Å². The Bertz CT molecular complexity index is 966. The van der Waals surface area contributed by atoms with Gasteiger partial charge in [0.2, 0.25) is 0 Å². The first-order valence-corrected chi connectivity index (χ1v) is 9.19. The third kappa shape index (κ3) is 3.75. The van der Waals surface area contributed by atoms with Gasteiger partial charge >= 0.3 is 5.97 Å². The van der Waals surface area contributed by atoms with Gasteiger partial charge in [0.15, 0.2) is 11.5 Å². The molecule has 0 aromatic heterocycles. The first-order chi connectivity index (χ1) is 12.1. The second-order valence-corrected chi connectivity index (χ2v) is 7.50. The minimum Gasteiger partial charge on any atom is -0.493 e. The normalized spacial score (nSPS) is 11.1. The van der Waals surface area contributed by atoms with Crippen molar-refractivity contribution >= 4 is 21.7 Å². The Labute approximate surface area is 152 Å². The highest BCUT2D eigenvalue weighted by molar-refractivity contribution is 7.92. The number of anilines is 1. The first-order valence-electron chi connectivity index (χ1n) is 7.70. The van der Waals surface area contributed by atoms with Crippen molar-refractivity contribution in [3.8, 4) is 11.5 Å². The number of ether oxygens (including phenoxy) is 2. The monoisotopic (exact) mass is 379 g/mol. The van der Waals surface area contributed by atoms with Crippen LogP contribution in [0.2, 0.25) is 0 Å². The van der Waals surface area contributed by atoms with Crippen molar-refractivity contribution in [1.29, 1.82) is 0 Å². The number of benzene rings is 2. The lowest BCUT2D eigenvalue weighted by molar-refractivity contribution is 0.0696. The summed E-state index contributed by atoms with van der Waals surface area (Å²) in [5.74, 6) is -0.331. The zero-order chi connectivity index (χ0) is 19.6. The Kier molecular flexibility index (Phi) is 5.46. The molecule has 140 valence electrons. The second-order valence-electron chi connectivity index (χ2n) is 5.85. The molecule has 0 radical (unpaired) electrons. The minimum absolute atomic E-state index is 0.0796. The number of sulfonamides is 1. The van der Waals surface area contributed by atoms with E-state index in [0.29, 0.717) is 33.9 Å². The van der Waals surface area contributed by atoms with Crippen LogP contribution in [0.15, 0.2) is 29.2 Å². The van der Waals surface area contributed by atoms with Gasteiger partial charge in [-0.15, -0.1) is 0 Å². The molecule has 2 aromatic carbocycles. The number of carboxylic acids is 1. The van der Waals surface area contributed by atoms with Crippen molar-refractivity contribution in [2.24, 2.45) is 0 Å². The number of hydrogen-bond donors (Lipinski definition) is 2. The molecule has 0 fully saturated rings. The molecule has 0 aliphatic carbocycles. The van der Waals surface area contributed by atoms with Gasteiger partial charge in [0.25, 0.3) is 10.0 Å². The van der Waals surface area contributed by atoms with E-state index in [1.54, 1.807) is 26.8 Å². The van der Waals surface area contributed by atoms with E-state index in [9.17, 15) is 18.3 Å². The molecule has 0 aliphatic heterocycles. The van der Waals surface area contributed by atoms with Gasteiger partial charge in [0.1, 0.15) is 0 Å². The van der Waals surface area contributed by atoms with Gasteiger partial charge < -0.3 is 14.6 Å². The summed E-state index contributed by atoms with van der Waals surface area (Å²) in [7, 11) is -1.05. The molecule has 0 atom stereocenters. The maximum absolute atomic E-state index is 12.9. The minimum atomic E-state index is -4.00. The van der Waals surface area contributed by atoms with E-state index in [1.165, 1.54) is 26.4 Å². The SMILES string of the molecule is COc1cc(C)c(NS(=O)(=O)c2cc(C(=O)O)cc(C)c2C)cc1OC. The van der Waals surface area contributed by atoms with Crippen LogP contribution in [0.1, 0.15) is 27.0 Å². The van der Waals surface area contributed by atoms with Crippen LogP contribution in [0, 0.1) is 20.8 Å². The topological polar surface area (TPSA) is 102 Å². The molecule has 0 spiro atoms. The molecule has 0 saturated heterocycles. The summed E-state index contributed by atoms with van der Waals surface area (Å²) >= 11 is 0. The lowest BCUT2D eigenvalue weighted by Crippen LogP contribution is -2.17. The summed E-state index contributed by atoms with van der Waals surface area (Å²) in [4.78, 5) is 11.2. The van der Waals surface area contributed by atoms with Crippen molar-refractivity contribution in [3.05, 3.63) is 46.5 Å². The van der Waals surface area contributed by atoms with Crippen LogP contribution in [0.3, 0.4) is 0 Å². The highest BCUT2D eigenvalue weighted by atomic mass is 32.2. The average Bonchev–Trinajstić information content (AvgIpc) is 2.57. The van der Waals surface area contributed by atoms with Crippen molar-refractivity contribution in [2.75, 3.05) is 18.9 Å². The van der Waals surface area contributed by atoms with Gasteiger partial charge in [-0.3, -0.25) is 4.72 Å². The zero-order valence-corrected chi connectivity index (χ0v) is 16.0. The molecule has 2 aromatic rings. The quantitative estimate of drug-likeness (QED) is 0.799. The summed E-state index contributed by atoms with van der Waals surface area (Å²) in [5.41, 5.74) is 1.93. The van der Waals surface area contributed by atoms with Crippen molar-refractivity contribution in [2.45, 2.75) is 25.7 Å². The van der Waals surface area contributed by atoms with E-state index in [2.05, 4.69) is 4.72 Å². The Morgan fingerprint density at radius 1 is 0.962 bits per heavy atom. The van der Waals surface area contributed by atoms with Crippen LogP contribution in [-0.4, -0.2) is 33.7 Å². The smallest absolute Gasteiger partial charge is 0.335 e. The van der Waals surface area contributed by atoms with Gasteiger partial charge in [-0.2, -0.15) is 0 Å². The third-order valence-corrected chi connectivity index (χ3v) is 5.62. The van der Waals surface area contributed by atoms with Crippen molar-refractivity contribution < 1.29 is 27.8 Å². The molecule has 0 aliphatic rings. The fourth-order valence-electron chi connectivity index (χ4n) is 2.52. The fraction of sp³-hybridized carbons (Fsp3) is 0.278. The van der Waals surface area contributed by atoms with Gasteiger partial charge in [0.05, 0.1) is 30.4 Å². The lowest BCUT2D eigenvalue weighted by Gasteiger charge is -2.16. The number of hydrogen-bond acceptors (Lipinski definition) is 5. The highest BCUT2D eigenvalue weighted by Gasteiger charge is 2.22. The number of nitrogens with one attached hydrogen (secondary N) is 1. The molecule has 0 bridgehead atoms. The fourth-order valence-corrected chi connectivity index (χ4v) is 3.99. The van der Waals surface area contributed by atoms with Gasteiger partial charge in [0, 0.05) is 6.07 Å². The largest absolute Gasteiger partial charge is 0.493 e. The molecule has 2 rings (SSSR count). The second kappa shape index (κ2) is 7.25.